The molecule has 1 fully saturated rings. The zero-order valence-corrected chi connectivity index (χ0v) is 14.6. The van der Waals surface area contributed by atoms with Gasteiger partial charge in [0.25, 0.3) is 0 Å². The highest BCUT2D eigenvalue weighted by atomic mass is 15.3. The zero-order chi connectivity index (χ0) is 17.7. The van der Waals surface area contributed by atoms with Crippen LogP contribution in [0, 0.1) is 0 Å². The minimum atomic E-state index is 0.729. The Bertz CT molecular complexity index is 1090. The van der Waals surface area contributed by atoms with Gasteiger partial charge in [0.1, 0.15) is 24.0 Å². The van der Waals surface area contributed by atoms with Crippen LogP contribution in [0.4, 0.5) is 11.6 Å². The maximum absolute atomic E-state index is 4.51. The van der Waals surface area contributed by atoms with E-state index in [4.69, 9.17) is 0 Å². The van der Waals surface area contributed by atoms with E-state index in [0.717, 1.165) is 60.0 Å². The fourth-order valence-electron chi connectivity index (χ4n) is 3.53. The first-order chi connectivity index (χ1) is 12.7. The van der Waals surface area contributed by atoms with Crippen LogP contribution in [0.3, 0.4) is 0 Å². The first-order valence-corrected chi connectivity index (χ1v) is 8.47. The summed E-state index contributed by atoms with van der Waals surface area (Å²) in [6, 6.07) is 0. The van der Waals surface area contributed by atoms with Gasteiger partial charge >= 0.3 is 0 Å². The average Bonchev–Trinajstić information content (AvgIpc) is 3.25. The second kappa shape index (κ2) is 5.61. The lowest BCUT2D eigenvalue weighted by Gasteiger charge is -2.36. The molecule has 0 unspecified atom stereocenters. The van der Waals surface area contributed by atoms with Gasteiger partial charge in [-0.25, -0.2) is 24.9 Å². The SMILES string of the molecule is Cn1cnc2ncnc(N3CCN(c4ncnc5c4cnn5C)CC3)c21. The molecule has 0 bridgehead atoms. The van der Waals surface area contributed by atoms with Gasteiger partial charge in [-0.2, -0.15) is 5.10 Å². The molecule has 0 aliphatic carbocycles. The third-order valence-corrected chi connectivity index (χ3v) is 4.88. The van der Waals surface area contributed by atoms with Crippen molar-refractivity contribution in [1.29, 1.82) is 0 Å². The number of piperazine rings is 1. The molecule has 1 aliphatic rings. The molecule has 4 aromatic heterocycles. The van der Waals surface area contributed by atoms with E-state index in [-0.39, 0.29) is 0 Å². The molecular formula is C16H18N10. The van der Waals surface area contributed by atoms with Crippen molar-refractivity contribution in [2.75, 3.05) is 36.0 Å². The molecule has 0 aromatic carbocycles. The Kier molecular flexibility index (Phi) is 3.24. The summed E-state index contributed by atoms with van der Waals surface area (Å²) in [5.41, 5.74) is 2.55. The molecule has 4 aromatic rings. The van der Waals surface area contributed by atoms with Crippen molar-refractivity contribution in [1.82, 2.24) is 39.3 Å². The minimum absolute atomic E-state index is 0.729. The summed E-state index contributed by atoms with van der Waals surface area (Å²) in [7, 11) is 3.86. The fourth-order valence-corrected chi connectivity index (χ4v) is 3.53. The van der Waals surface area contributed by atoms with E-state index in [9.17, 15) is 0 Å². The summed E-state index contributed by atoms with van der Waals surface area (Å²) in [6.07, 6.45) is 6.80. The van der Waals surface area contributed by atoms with Gasteiger partial charge in [0, 0.05) is 40.3 Å². The Labute approximate surface area is 149 Å². The molecule has 0 radical (unpaired) electrons. The molecule has 0 N–H and O–H groups in total. The predicted molar refractivity (Wildman–Crippen MR) is 97.0 cm³/mol. The molecule has 132 valence electrons. The molecule has 0 atom stereocenters. The van der Waals surface area contributed by atoms with Gasteiger partial charge < -0.3 is 14.4 Å². The molecule has 0 spiro atoms. The van der Waals surface area contributed by atoms with Crippen molar-refractivity contribution in [3.8, 4) is 0 Å². The Hall–Kier alpha value is -3.30. The van der Waals surface area contributed by atoms with Crippen LogP contribution in [0.5, 0.6) is 0 Å². The maximum atomic E-state index is 4.51. The van der Waals surface area contributed by atoms with E-state index in [1.165, 1.54) is 0 Å². The lowest BCUT2D eigenvalue weighted by molar-refractivity contribution is 0.643. The maximum Gasteiger partial charge on any atom is 0.182 e. The summed E-state index contributed by atoms with van der Waals surface area (Å²) < 4.78 is 3.75. The van der Waals surface area contributed by atoms with Crippen LogP contribution in [0.25, 0.3) is 22.2 Å². The Morgan fingerprint density at radius 3 is 2.31 bits per heavy atom. The second-order valence-electron chi connectivity index (χ2n) is 6.40. The largest absolute Gasteiger partial charge is 0.352 e. The molecule has 10 heteroatoms. The van der Waals surface area contributed by atoms with Crippen molar-refractivity contribution in [3.05, 3.63) is 25.2 Å². The van der Waals surface area contributed by atoms with E-state index < -0.39 is 0 Å². The molecule has 1 aliphatic heterocycles. The topological polar surface area (TPSA) is 93.7 Å². The second-order valence-corrected chi connectivity index (χ2v) is 6.40. The number of imidazole rings is 1. The van der Waals surface area contributed by atoms with Crippen LogP contribution in [-0.4, -0.2) is 65.4 Å². The number of hydrogen-bond acceptors (Lipinski definition) is 8. The van der Waals surface area contributed by atoms with Gasteiger partial charge in [-0.1, -0.05) is 0 Å². The number of hydrogen-bond donors (Lipinski definition) is 0. The van der Waals surface area contributed by atoms with Gasteiger partial charge in [0.05, 0.1) is 17.9 Å². The highest BCUT2D eigenvalue weighted by Crippen LogP contribution is 2.26. The molecule has 1 saturated heterocycles. The van der Waals surface area contributed by atoms with Crippen LogP contribution in [-0.2, 0) is 14.1 Å². The predicted octanol–water partition coefficient (Wildman–Crippen LogP) is 0.367. The van der Waals surface area contributed by atoms with Crippen LogP contribution < -0.4 is 9.80 Å². The van der Waals surface area contributed by atoms with Gasteiger partial charge in [0.15, 0.2) is 17.1 Å². The highest BCUT2D eigenvalue weighted by Gasteiger charge is 2.24. The number of aryl methyl sites for hydroxylation is 2. The molecule has 0 amide bonds. The number of nitrogens with zero attached hydrogens (tertiary/aromatic N) is 10. The van der Waals surface area contributed by atoms with Gasteiger partial charge in [-0.15, -0.1) is 0 Å². The van der Waals surface area contributed by atoms with E-state index in [2.05, 4.69) is 39.8 Å². The lowest BCUT2D eigenvalue weighted by Crippen LogP contribution is -2.47. The van der Waals surface area contributed by atoms with Crippen LogP contribution in [0.1, 0.15) is 0 Å². The normalized spacial score (nSPS) is 15.3. The van der Waals surface area contributed by atoms with Crippen molar-refractivity contribution >= 4 is 33.8 Å². The average molecular weight is 350 g/mol. The molecule has 10 nitrogen and oxygen atoms in total. The Balaban J connectivity index is 1.43. The van der Waals surface area contributed by atoms with Crippen LogP contribution >= 0.6 is 0 Å². The number of fused-ring (bicyclic) bond motifs is 2. The van der Waals surface area contributed by atoms with Gasteiger partial charge in [0.2, 0.25) is 0 Å². The van der Waals surface area contributed by atoms with Crippen molar-refractivity contribution in [2.45, 2.75) is 0 Å². The molecule has 26 heavy (non-hydrogen) atoms. The summed E-state index contributed by atoms with van der Waals surface area (Å²) in [6.45, 7) is 3.40. The lowest BCUT2D eigenvalue weighted by atomic mass is 10.2. The van der Waals surface area contributed by atoms with E-state index >= 15 is 0 Å². The van der Waals surface area contributed by atoms with E-state index in [1.54, 1.807) is 23.7 Å². The van der Waals surface area contributed by atoms with Crippen molar-refractivity contribution in [2.24, 2.45) is 14.1 Å². The van der Waals surface area contributed by atoms with Crippen LogP contribution in [0.15, 0.2) is 25.2 Å². The Morgan fingerprint density at radius 1 is 0.808 bits per heavy atom. The monoisotopic (exact) mass is 350 g/mol. The van der Waals surface area contributed by atoms with Crippen molar-refractivity contribution in [3.63, 3.8) is 0 Å². The van der Waals surface area contributed by atoms with Gasteiger partial charge in [-0.3, -0.25) is 4.68 Å². The standard InChI is InChI=1S/C16H18N10/c1-23-10-21-13-12(23)16(20-8-17-13)26-5-3-25(4-6-26)15-11-7-22-24(2)14(11)18-9-19-15/h7-10H,3-6H2,1-2H3. The summed E-state index contributed by atoms with van der Waals surface area (Å²) >= 11 is 0. The zero-order valence-electron chi connectivity index (χ0n) is 14.6. The van der Waals surface area contributed by atoms with Crippen LogP contribution in [0.2, 0.25) is 0 Å². The number of rotatable bonds is 2. The minimum Gasteiger partial charge on any atom is -0.352 e. The molecule has 5 rings (SSSR count). The first kappa shape index (κ1) is 15.0. The smallest absolute Gasteiger partial charge is 0.182 e. The highest BCUT2D eigenvalue weighted by molar-refractivity contribution is 5.87. The molecule has 5 heterocycles. The first-order valence-electron chi connectivity index (χ1n) is 8.47. The van der Waals surface area contributed by atoms with Gasteiger partial charge in [-0.05, 0) is 0 Å². The number of anilines is 2. The summed E-state index contributed by atoms with van der Waals surface area (Å²) in [5.74, 6) is 1.87. The quantitative estimate of drug-likeness (QED) is 0.512. The third-order valence-electron chi connectivity index (χ3n) is 4.88. The third kappa shape index (κ3) is 2.18. The Morgan fingerprint density at radius 2 is 1.50 bits per heavy atom. The fraction of sp³-hybridized carbons (Fsp3) is 0.375. The van der Waals surface area contributed by atoms with E-state index in [1.807, 2.05) is 24.9 Å². The summed E-state index contributed by atoms with van der Waals surface area (Å²) in [4.78, 5) is 26.5. The van der Waals surface area contributed by atoms with Crippen molar-refractivity contribution < 1.29 is 0 Å². The molecule has 0 saturated carbocycles. The summed E-state index contributed by atoms with van der Waals surface area (Å²) in [5, 5.41) is 5.29. The molecular weight excluding hydrogens is 332 g/mol. The number of aromatic nitrogens is 8. The van der Waals surface area contributed by atoms with E-state index in [0.29, 0.717) is 0 Å².